The van der Waals surface area contributed by atoms with Crippen molar-refractivity contribution < 1.29 is 18.9 Å². The van der Waals surface area contributed by atoms with E-state index in [0.717, 1.165) is 6.40 Å². The molecule has 86 valence electrons. The quantitative estimate of drug-likeness (QED) is 0.112. The van der Waals surface area contributed by atoms with Crippen LogP contribution in [0.3, 0.4) is 0 Å². The summed E-state index contributed by atoms with van der Waals surface area (Å²) < 4.78 is 10.8. The van der Waals surface area contributed by atoms with Gasteiger partial charge in [-0.05, 0) is 0 Å². The minimum atomic E-state index is -0.797. The molecule has 4 amide bonds. The van der Waals surface area contributed by atoms with Crippen molar-refractivity contribution in [3.63, 3.8) is 0 Å². The Kier molecular flexibility index (Phi) is 6.76. The van der Waals surface area contributed by atoms with Gasteiger partial charge in [0.2, 0.25) is 6.40 Å². The number of hydrazone groups is 1. The lowest BCUT2D eigenvalue weighted by atomic mass is 10.7. The maximum absolute atomic E-state index is 10.8. The average molecular weight is 239 g/mol. The number of thiol groups is 1. The monoisotopic (exact) mass is 239 g/mol. The van der Waals surface area contributed by atoms with Crippen molar-refractivity contribution >= 4 is 31.3 Å². The first-order valence-corrected chi connectivity index (χ1v) is 4.05. The van der Waals surface area contributed by atoms with E-state index in [2.05, 4.69) is 14.6 Å². The Morgan fingerprint density at radius 2 is 2.27 bits per heavy atom. The van der Waals surface area contributed by atoms with Crippen LogP contribution in [0.4, 0.5) is 9.59 Å². The van der Waals surface area contributed by atoms with Crippen LogP contribution in [0.25, 0.3) is 0 Å². The number of aliphatic hydroxyl groups is 1. The van der Waals surface area contributed by atoms with E-state index in [0.29, 0.717) is 12.8 Å². The second kappa shape index (κ2) is 8.90. The smallest absolute Gasteiger partial charge is 0.354 e. The fourth-order valence-electron chi connectivity index (χ4n) is 0.462. The molecule has 0 aromatic carbocycles. The molecule has 0 unspecified atom stereocenters. The molecule has 0 heterocycles. The standard InChI is InChI=1S/C5H11N5O4S/c11-2-1-6-4(12)9-10-5(13)8-7-3-14-15/h3,11,15H,1-2H2,(H2,6,9,12)(H2,8,10,13)/i/hT. The number of urea groups is 2. The zero-order chi connectivity index (χ0) is 12.2. The lowest BCUT2D eigenvalue weighted by Crippen LogP contribution is -2.50. The number of hydrazine groups is 1. The molecule has 0 rings (SSSR count). The van der Waals surface area contributed by atoms with Crippen LogP contribution in [0.1, 0.15) is 0 Å². The first-order valence-electron chi connectivity index (χ1n) is 4.12. The Morgan fingerprint density at radius 1 is 1.53 bits per heavy atom. The molecule has 0 fully saturated rings. The van der Waals surface area contributed by atoms with Gasteiger partial charge < -0.3 is 14.6 Å². The number of rotatable bonds is 5. The maximum atomic E-state index is 10.8. The van der Waals surface area contributed by atoms with Crippen LogP contribution in [0.15, 0.2) is 5.10 Å². The number of carbonyl (C=O) groups excluding carboxylic acids is 2. The number of carbonyl (C=O) groups is 2. The van der Waals surface area contributed by atoms with Gasteiger partial charge in [-0.1, -0.05) is 0 Å². The molecule has 0 saturated heterocycles. The lowest BCUT2D eigenvalue weighted by Gasteiger charge is -2.06. The molecular weight excluding hydrogens is 226 g/mol. The molecule has 0 spiro atoms. The van der Waals surface area contributed by atoms with Crippen molar-refractivity contribution in [1.29, 1.82) is 1.12 Å². The molecule has 0 bridgehead atoms. The van der Waals surface area contributed by atoms with Gasteiger partial charge in [-0.2, -0.15) is 0 Å². The van der Waals surface area contributed by atoms with Crippen LogP contribution < -0.4 is 21.6 Å². The SMILES string of the molecule is [3H]SOC=NNC(=O)NNC(=O)NCCO. The van der Waals surface area contributed by atoms with E-state index in [1.54, 1.807) is 0 Å². The fraction of sp³-hybridized carbons (Fsp3) is 0.400. The average Bonchev–Trinajstić information content (AvgIpc) is 2.29. The van der Waals surface area contributed by atoms with Crippen molar-refractivity contribution in [3.8, 4) is 0 Å². The highest BCUT2D eigenvalue weighted by Gasteiger charge is 2.00. The van der Waals surface area contributed by atoms with Crippen LogP contribution in [-0.2, 0) is 4.18 Å². The van der Waals surface area contributed by atoms with Gasteiger partial charge in [0, 0.05) is 19.4 Å². The molecule has 0 atom stereocenters. The Bertz CT molecular complexity index is 253. The summed E-state index contributed by atoms with van der Waals surface area (Å²) in [6.07, 6.45) is 0.836. The molecule has 0 aromatic heterocycles. The first kappa shape index (κ1) is 11.4. The molecule has 0 aliphatic carbocycles. The zero-order valence-electron chi connectivity index (χ0n) is 8.52. The van der Waals surface area contributed by atoms with E-state index in [1.165, 1.54) is 0 Å². The van der Waals surface area contributed by atoms with Gasteiger partial charge >= 0.3 is 12.1 Å². The predicted molar refractivity (Wildman–Crippen MR) is 53.9 cm³/mol. The molecule has 9 nitrogen and oxygen atoms in total. The second-order valence-corrected chi connectivity index (χ2v) is 2.19. The van der Waals surface area contributed by atoms with Crippen LogP contribution in [0.5, 0.6) is 0 Å². The number of amides is 4. The molecule has 0 aliphatic rings. The normalized spacial score (nSPS) is 10.3. The van der Waals surface area contributed by atoms with Gasteiger partial charge in [0.05, 0.1) is 6.61 Å². The number of hydrogen-bond donors (Lipinski definition) is 6. The Morgan fingerprint density at radius 3 is 2.93 bits per heavy atom. The number of hydrogen-bond acceptors (Lipinski definition) is 6. The molecule has 15 heavy (non-hydrogen) atoms. The van der Waals surface area contributed by atoms with E-state index in [1.807, 2.05) is 16.3 Å². The van der Waals surface area contributed by atoms with Crippen molar-refractivity contribution in [2.45, 2.75) is 0 Å². The van der Waals surface area contributed by atoms with E-state index in [-0.39, 0.29) is 13.2 Å². The fourth-order valence-corrected chi connectivity index (χ4v) is 0.505. The van der Waals surface area contributed by atoms with Crippen molar-refractivity contribution in [2.75, 3.05) is 13.2 Å². The van der Waals surface area contributed by atoms with Crippen LogP contribution >= 0.6 is 12.8 Å². The lowest BCUT2D eigenvalue weighted by molar-refractivity contribution is 0.221. The summed E-state index contributed by atoms with van der Waals surface area (Å²) >= 11 is 0.306. The number of nitrogens with zero attached hydrogens (tertiary/aromatic N) is 1. The third-order valence-corrected chi connectivity index (χ3v) is 1.03. The zero-order valence-corrected chi connectivity index (χ0v) is 8.34. The van der Waals surface area contributed by atoms with E-state index < -0.39 is 12.1 Å². The molecular formula is C5H11N5O4S. The van der Waals surface area contributed by atoms with Gasteiger partial charge in [-0.25, -0.2) is 25.9 Å². The van der Waals surface area contributed by atoms with Crippen molar-refractivity contribution in [2.24, 2.45) is 5.10 Å². The number of aliphatic hydroxyl groups excluding tert-OH is 1. The molecule has 0 aromatic rings. The summed E-state index contributed by atoms with van der Waals surface area (Å²) in [4.78, 5) is 21.7. The molecule has 0 radical (unpaired) electrons. The molecule has 0 aliphatic heterocycles. The van der Waals surface area contributed by atoms with Crippen LogP contribution in [-0.4, -0.2) is 37.8 Å². The third-order valence-electron chi connectivity index (χ3n) is 0.949. The highest BCUT2D eigenvalue weighted by atomic mass is 32.1. The summed E-state index contributed by atoms with van der Waals surface area (Å²) in [6, 6.07) is -1.47. The van der Waals surface area contributed by atoms with Gasteiger partial charge in [-0.3, -0.25) is 0 Å². The van der Waals surface area contributed by atoms with Crippen molar-refractivity contribution in [1.82, 2.24) is 21.6 Å². The highest BCUT2D eigenvalue weighted by molar-refractivity contribution is 7.75. The topological polar surface area (TPSA) is 124 Å². The summed E-state index contributed by atoms with van der Waals surface area (Å²) in [5.41, 5.74) is 5.86. The molecule has 0 saturated carbocycles. The summed E-state index contributed by atoms with van der Waals surface area (Å²) in [6.45, 7) is -0.131. The Balaban J connectivity index is 3.53. The first-order chi connectivity index (χ1) is 7.70. The van der Waals surface area contributed by atoms with Gasteiger partial charge in [0.25, 0.3) is 0 Å². The maximum Gasteiger partial charge on any atom is 0.354 e. The van der Waals surface area contributed by atoms with Crippen LogP contribution in [0.2, 0.25) is 0 Å². The molecule has 5 N–H and O–H groups in total. The van der Waals surface area contributed by atoms with Gasteiger partial charge in [0.1, 0.15) is 1.12 Å². The number of nitrogens with one attached hydrogen (secondary N) is 4. The van der Waals surface area contributed by atoms with Crippen molar-refractivity contribution in [3.05, 3.63) is 0 Å². The van der Waals surface area contributed by atoms with Crippen LogP contribution in [0, 0.1) is 0 Å². The molecule has 10 heteroatoms. The van der Waals surface area contributed by atoms with E-state index in [4.69, 9.17) is 6.23 Å². The van der Waals surface area contributed by atoms with Gasteiger partial charge in [-0.15, -0.1) is 5.10 Å². The largest absolute Gasteiger partial charge is 0.415 e. The summed E-state index contributed by atoms with van der Waals surface area (Å²) in [5, 5.41) is 13.8. The predicted octanol–water partition coefficient (Wildman–Crippen LogP) is -1.70. The third kappa shape index (κ3) is 8.64. The Hall–Kier alpha value is -1.68. The Labute approximate surface area is 91.9 Å². The second-order valence-electron chi connectivity index (χ2n) is 2.00. The van der Waals surface area contributed by atoms with Gasteiger partial charge in [0.15, 0.2) is 0 Å². The minimum Gasteiger partial charge on any atom is -0.415 e. The summed E-state index contributed by atoms with van der Waals surface area (Å²) in [7, 11) is 0. The summed E-state index contributed by atoms with van der Waals surface area (Å²) in [5.74, 6) is 0. The van der Waals surface area contributed by atoms with E-state index >= 15 is 0 Å². The highest BCUT2D eigenvalue weighted by Crippen LogP contribution is 1.69. The van der Waals surface area contributed by atoms with E-state index in [9.17, 15) is 9.59 Å². The minimum absolute atomic E-state index is 0.0713.